The molecule has 1 N–H and O–H groups in total. The summed E-state index contributed by atoms with van der Waals surface area (Å²) in [4.78, 5) is 2.35. The molecule has 100 valence electrons. The molecule has 3 heteroatoms. The topological polar surface area (TPSA) is 23.5 Å². The lowest BCUT2D eigenvalue weighted by Gasteiger charge is -2.26. The molecule has 1 aliphatic heterocycles. The first-order chi connectivity index (χ1) is 8.76. The van der Waals surface area contributed by atoms with Crippen LogP contribution in [0.1, 0.15) is 38.2 Å². The average Bonchev–Trinajstić information content (AvgIpc) is 2.63. The van der Waals surface area contributed by atoms with Gasteiger partial charge in [0.2, 0.25) is 0 Å². The number of nitrogens with zero attached hydrogens (tertiary/aromatic N) is 1. The summed E-state index contributed by atoms with van der Waals surface area (Å²) < 4.78 is 0. The highest BCUT2D eigenvalue weighted by molar-refractivity contribution is 6.33. The minimum absolute atomic E-state index is 0.0591. The molecule has 1 aromatic rings. The van der Waals surface area contributed by atoms with Crippen molar-refractivity contribution in [3.63, 3.8) is 0 Å². The second-order valence-electron chi connectivity index (χ2n) is 5.10. The third kappa shape index (κ3) is 2.99. The molecule has 1 aromatic carbocycles. The highest BCUT2D eigenvalue weighted by Crippen LogP contribution is 2.33. The van der Waals surface area contributed by atoms with Crippen molar-refractivity contribution in [1.82, 2.24) is 0 Å². The SMILES string of the molecule is CCC1CCCN(c2c(Cl)cccc2CO)CC1. The number of hydrogen-bond acceptors (Lipinski definition) is 2. The van der Waals surface area contributed by atoms with Crippen molar-refractivity contribution in [1.29, 1.82) is 0 Å². The van der Waals surface area contributed by atoms with Crippen LogP contribution in [0.2, 0.25) is 5.02 Å². The third-order valence-corrected chi connectivity index (χ3v) is 4.29. The molecule has 0 bridgehead atoms. The van der Waals surface area contributed by atoms with Crippen LogP contribution in [0, 0.1) is 5.92 Å². The zero-order valence-electron chi connectivity index (χ0n) is 11.0. The molecule has 0 amide bonds. The van der Waals surface area contributed by atoms with Gasteiger partial charge in [0.15, 0.2) is 0 Å². The van der Waals surface area contributed by atoms with Crippen LogP contribution in [0.4, 0.5) is 5.69 Å². The second kappa shape index (κ2) is 6.44. The summed E-state index contributed by atoms with van der Waals surface area (Å²) >= 11 is 6.31. The maximum atomic E-state index is 9.46. The Morgan fingerprint density at radius 2 is 2.17 bits per heavy atom. The van der Waals surface area contributed by atoms with Crippen LogP contribution in [-0.2, 0) is 6.61 Å². The number of rotatable bonds is 3. The molecule has 0 saturated carbocycles. The molecule has 0 spiro atoms. The van der Waals surface area contributed by atoms with Crippen molar-refractivity contribution in [2.45, 2.75) is 39.2 Å². The summed E-state index contributed by atoms with van der Waals surface area (Å²) in [7, 11) is 0. The van der Waals surface area contributed by atoms with Gasteiger partial charge in [0.1, 0.15) is 0 Å². The lowest BCUT2D eigenvalue weighted by molar-refractivity contribution is 0.282. The Labute approximate surface area is 115 Å². The molecule has 0 aromatic heterocycles. The Kier molecular flexibility index (Phi) is 4.90. The normalized spacial score (nSPS) is 20.8. The zero-order chi connectivity index (χ0) is 13.0. The van der Waals surface area contributed by atoms with Gasteiger partial charge in [-0.2, -0.15) is 0 Å². The summed E-state index contributed by atoms with van der Waals surface area (Å²) in [6.07, 6.45) is 5.02. The fraction of sp³-hybridized carbons (Fsp3) is 0.600. The van der Waals surface area contributed by atoms with Gasteiger partial charge < -0.3 is 10.0 Å². The van der Waals surface area contributed by atoms with Gasteiger partial charge in [-0.15, -0.1) is 0 Å². The van der Waals surface area contributed by atoms with Crippen molar-refractivity contribution in [2.75, 3.05) is 18.0 Å². The molecule has 1 aliphatic rings. The number of para-hydroxylation sites is 1. The first-order valence-corrected chi connectivity index (χ1v) is 7.27. The summed E-state index contributed by atoms with van der Waals surface area (Å²) in [6, 6.07) is 5.78. The van der Waals surface area contributed by atoms with Gasteiger partial charge in [0.25, 0.3) is 0 Å². The van der Waals surface area contributed by atoms with Gasteiger partial charge >= 0.3 is 0 Å². The highest BCUT2D eigenvalue weighted by atomic mass is 35.5. The Morgan fingerprint density at radius 3 is 2.89 bits per heavy atom. The Bertz CT molecular complexity index is 394. The van der Waals surface area contributed by atoms with E-state index >= 15 is 0 Å². The molecule has 18 heavy (non-hydrogen) atoms. The van der Waals surface area contributed by atoms with Gasteiger partial charge in [-0.1, -0.05) is 37.1 Å². The van der Waals surface area contributed by atoms with Crippen molar-refractivity contribution >= 4 is 17.3 Å². The predicted molar refractivity (Wildman–Crippen MR) is 77.2 cm³/mol. The minimum atomic E-state index is 0.0591. The fourth-order valence-corrected chi connectivity index (χ4v) is 3.15. The molecule has 1 saturated heterocycles. The molecule has 1 atom stereocenters. The summed E-state index contributed by atoms with van der Waals surface area (Å²) in [6.45, 7) is 4.43. The number of hydrogen-bond donors (Lipinski definition) is 1. The number of anilines is 1. The smallest absolute Gasteiger partial charge is 0.0702 e. The molecule has 1 unspecified atom stereocenters. The molecule has 2 rings (SSSR count). The number of halogens is 1. The van der Waals surface area contributed by atoms with E-state index in [1.165, 1.54) is 25.7 Å². The Hall–Kier alpha value is -0.730. The fourth-order valence-electron chi connectivity index (χ4n) is 2.84. The van der Waals surface area contributed by atoms with E-state index in [-0.39, 0.29) is 6.61 Å². The first-order valence-electron chi connectivity index (χ1n) is 6.89. The Morgan fingerprint density at radius 1 is 1.33 bits per heavy atom. The standard InChI is InChI=1S/C15H22ClNO/c1-2-12-5-4-9-17(10-8-12)15-13(11-18)6-3-7-14(15)16/h3,6-7,12,18H,2,4-5,8-11H2,1H3. The predicted octanol–water partition coefficient (Wildman–Crippen LogP) is 3.85. The largest absolute Gasteiger partial charge is 0.392 e. The van der Waals surface area contributed by atoms with E-state index in [0.29, 0.717) is 0 Å². The van der Waals surface area contributed by atoms with Crippen molar-refractivity contribution in [2.24, 2.45) is 5.92 Å². The second-order valence-corrected chi connectivity index (χ2v) is 5.51. The monoisotopic (exact) mass is 267 g/mol. The van der Waals surface area contributed by atoms with E-state index < -0.39 is 0 Å². The molecule has 2 nitrogen and oxygen atoms in total. The minimum Gasteiger partial charge on any atom is -0.392 e. The maximum Gasteiger partial charge on any atom is 0.0702 e. The van der Waals surface area contributed by atoms with Gasteiger partial charge in [-0.3, -0.25) is 0 Å². The van der Waals surface area contributed by atoms with Gasteiger partial charge in [0, 0.05) is 18.7 Å². The zero-order valence-corrected chi connectivity index (χ0v) is 11.8. The number of aliphatic hydroxyl groups excluding tert-OH is 1. The molecule has 0 aliphatic carbocycles. The van der Waals surface area contributed by atoms with Gasteiger partial charge in [0.05, 0.1) is 17.3 Å². The first kappa shape index (κ1) is 13.7. The summed E-state index contributed by atoms with van der Waals surface area (Å²) in [5.41, 5.74) is 1.98. The van der Waals surface area contributed by atoms with E-state index in [4.69, 9.17) is 11.6 Å². The van der Waals surface area contributed by atoms with Crippen molar-refractivity contribution < 1.29 is 5.11 Å². The van der Waals surface area contributed by atoms with Crippen molar-refractivity contribution in [3.8, 4) is 0 Å². The average molecular weight is 268 g/mol. The van der Waals surface area contributed by atoms with E-state index in [1.54, 1.807) is 0 Å². The molecular weight excluding hydrogens is 246 g/mol. The summed E-state index contributed by atoms with van der Waals surface area (Å²) in [5, 5.41) is 10.2. The van der Waals surface area contributed by atoms with Crippen LogP contribution in [0.25, 0.3) is 0 Å². The molecule has 1 heterocycles. The summed E-state index contributed by atoms with van der Waals surface area (Å²) in [5.74, 6) is 0.843. The Balaban J connectivity index is 2.20. The highest BCUT2D eigenvalue weighted by Gasteiger charge is 2.19. The van der Waals surface area contributed by atoms with E-state index in [0.717, 1.165) is 35.3 Å². The van der Waals surface area contributed by atoms with Crippen LogP contribution in [0.15, 0.2) is 18.2 Å². The van der Waals surface area contributed by atoms with Gasteiger partial charge in [-0.05, 0) is 31.2 Å². The van der Waals surface area contributed by atoms with E-state index in [9.17, 15) is 5.11 Å². The van der Waals surface area contributed by atoms with Crippen LogP contribution in [-0.4, -0.2) is 18.2 Å². The number of benzene rings is 1. The lowest BCUT2D eigenvalue weighted by Crippen LogP contribution is -2.25. The number of aliphatic hydroxyl groups is 1. The lowest BCUT2D eigenvalue weighted by atomic mass is 9.98. The van der Waals surface area contributed by atoms with Crippen LogP contribution >= 0.6 is 11.6 Å². The van der Waals surface area contributed by atoms with E-state index in [2.05, 4.69) is 11.8 Å². The van der Waals surface area contributed by atoms with Crippen LogP contribution in [0.3, 0.4) is 0 Å². The quantitative estimate of drug-likeness (QED) is 0.899. The van der Waals surface area contributed by atoms with Gasteiger partial charge in [-0.25, -0.2) is 0 Å². The van der Waals surface area contributed by atoms with Crippen molar-refractivity contribution in [3.05, 3.63) is 28.8 Å². The molecule has 1 fully saturated rings. The molecular formula is C15H22ClNO. The maximum absolute atomic E-state index is 9.46. The van der Waals surface area contributed by atoms with Crippen LogP contribution < -0.4 is 4.90 Å². The van der Waals surface area contributed by atoms with Crippen LogP contribution in [0.5, 0.6) is 0 Å². The van der Waals surface area contributed by atoms with E-state index in [1.807, 2.05) is 18.2 Å². The third-order valence-electron chi connectivity index (χ3n) is 3.98. The molecule has 0 radical (unpaired) electrons.